The van der Waals surface area contributed by atoms with E-state index in [4.69, 9.17) is 11.6 Å². The van der Waals surface area contributed by atoms with Gasteiger partial charge in [-0.1, -0.05) is 35.5 Å². The fourth-order valence-electron chi connectivity index (χ4n) is 2.16. The molecule has 0 bridgehead atoms. The topological polar surface area (TPSA) is 52.0 Å². The van der Waals surface area contributed by atoms with Gasteiger partial charge >= 0.3 is 0 Å². The minimum absolute atomic E-state index is 0.0443. The van der Waals surface area contributed by atoms with Crippen LogP contribution in [-0.2, 0) is 7.05 Å². The van der Waals surface area contributed by atoms with Crippen LogP contribution in [0.15, 0.2) is 45.7 Å². The van der Waals surface area contributed by atoms with Crippen LogP contribution < -0.4 is 5.56 Å². The summed E-state index contributed by atoms with van der Waals surface area (Å²) in [6.45, 7) is 1.80. The molecule has 0 aliphatic rings. The van der Waals surface area contributed by atoms with E-state index < -0.39 is 0 Å². The van der Waals surface area contributed by atoms with Gasteiger partial charge in [-0.05, 0) is 30.5 Å². The minimum atomic E-state index is -0.373. The number of halogens is 1. The van der Waals surface area contributed by atoms with E-state index in [1.807, 2.05) is 11.4 Å². The van der Waals surface area contributed by atoms with Crippen LogP contribution in [0, 0.1) is 0 Å². The van der Waals surface area contributed by atoms with Crippen molar-refractivity contribution in [3.8, 4) is 0 Å². The lowest BCUT2D eigenvalue weighted by Gasteiger charge is -2.12. The lowest BCUT2D eigenvalue weighted by Crippen LogP contribution is -2.21. The molecule has 1 atom stereocenters. The fourth-order valence-corrected chi connectivity index (χ4v) is 4.11. The van der Waals surface area contributed by atoms with E-state index in [1.54, 1.807) is 38.2 Å². The number of hydrogen-bond donors (Lipinski definition) is 0. The summed E-state index contributed by atoms with van der Waals surface area (Å²) in [5, 5.41) is 2.53. The van der Waals surface area contributed by atoms with Crippen molar-refractivity contribution in [3.63, 3.8) is 0 Å². The highest BCUT2D eigenvalue weighted by Gasteiger charge is 2.20. The number of benzene rings is 1. The number of carbonyl (C=O) groups excluding carboxylic acids is 1. The van der Waals surface area contributed by atoms with Gasteiger partial charge in [0.25, 0.3) is 5.56 Å². The fraction of sp³-hybridized carbons (Fsp3) is 0.188. The molecule has 4 nitrogen and oxygen atoms in total. The van der Waals surface area contributed by atoms with Crippen LogP contribution >= 0.6 is 34.7 Å². The van der Waals surface area contributed by atoms with Crippen LogP contribution in [0.4, 0.5) is 0 Å². The molecule has 2 heterocycles. The molecule has 0 saturated carbocycles. The third-order valence-corrected chi connectivity index (χ3v) is 5.68. The summed E-state index contributed by atoms with van der Waals surface area (Å²) in [6.07, 6.45) is 0. The van der Waals surface area contributed by atoms with E-state index >= 15 is 0 Å². The van der Waals surface area contributed by atoms with Gasteiger partial charge in [-0.2, -0.15) is 0 Å². The zero-order valence-electron chi connectivity index (χ0n) is 12.4. The molecule has 7 heteroatoms. The first-order chi connectivity index (χ1) is 11.0. The van der Waals surface area contributed by atoms with Crippen molar-refractivity contribution < 1.29 is 4.79 Å². The maximum atomic E-state index is 12.5. The number of thiophene rings is 1. The van der Waals surface area contributed by atoms with E-state index in [2.05, 4.69) is 4.98 Å². The summed E-state index contributed by atoms with van der Waals surface area (Å²) in [7, 11) is 1.67. The summed E-state index contributed by atoms with van der Waals surface area (Å²) in [5.74, 6) is -0.0443. The average molecular weight is 365 g/mol. The van der Waals surface area contributed by atoms with Gasteiger partial charge in [-0.15, -0.1) is 11.3 Å². The first kappa shape index (κ1) is 16.2. The Bertz CT molecular complexity index is 949. The van der Waals surface area contributed by atoms with E-state index in [1.165, 1.54) is 27.7 Å². The number of carbonyl (C=O) groups is 1. The van der Waals surface area contributed by atoms with Crippen LogP contribution in [0.3, 0.4) is 0 Å². The number of rotatable bonds is 4. The van der Waals surface area contributed by atoms with Gasteiger partial charge in [0.1, 0.15) is 4.70 Å². The second-order valence-electron chi connectivity index (χ2n) is 5.03. The molecule has 0 spiro atoms. The Morgan fingerprint density at radius 1 is 1.39 bits per heavy atom. The number of aromatic nitrogens is 2. The van der Waals surface area contributed by atoms with Gasteiger partial charge in [-0.25, -0.2) is 4.98 Å². The van der Waals surface area contributed by atoms with Gasteiger partial charge in [-0.3, -0.25) is 14.2 Å². The summed E-state index contributed by atoms with van der Waals surface area (Å²) in [4.78, 5) is 29.3. The van der Waals surface area contributed by atoms with Crippen molar-refractivity contribution in [2.75, 3.05) is 0 Å². The Morgan fingerprint density at radius 3 is 2.91 bits per heavy atom. The van der Waals surface area contributed by atoms with Crippen molar-refractivity contribution in [3.05, 3.63) is 56.7 Å². The van der Waals surface area contributed by atoms with Gasteiger partial charge in [0.05, 0.1) is 10.8 Å². The SMILES string of the molecule is C[C@@H](Sc1nc2ccsc2c(=O)n1C)C(=O)c1cccc(Cl)c1. The zero-order chi connectivity index (χ0) is 16.6. The quantitative estimate of drug-likeness (QED) is 0.398. The van der Waals surface area contributed by atoms with Crippen LogP contribution in [-0.4, -0.2) is 20.6 Å². The Balaban J connectivity index is 1.91. The summed E-state index contributed by atoms with van der Waals surface area (Å²) >= 11 is 8.59. The van der Waals surface area contributed by atoms with Gasteiger partial charge in [0, 0.05) is 17.6 Å². The summed E-state index contributed by atoms with van der Waals surface area (Å²) in [6, 6.07) is 8.68. The van der Waals surface area contributed by atoms with E-state index in [-0.39, 0.29) is 16.6 Å². The van der Waals surface area contributed by atoms with E-state index in [0.29, 0.717) is 26.0 Å². The molecule has 3 aromatic rings. The Labute approximate surface area is 146 Å². The maximum absolute atomic E-state index is 12.5. The monoisotopic (exact) mass is 364 g/mol. The highest BCUT2D eigenvalue weighted by atomic mass is 35.5. The van der Waals surface area contributed by atoms with Crippen molar-refractivity contribution in [1.29, 1.82) is 0 Å². The van der Waals surface area contributed by atoms with Crippen molar-refractivity contribution in [1.82, 2.24) is 9.55 Å². The van der Waals surface area contributed by atoms with Crippen LogP contribution in [0.5, 0.6) is 0 Å². The molecule has 0 aliphatic heterocycles. The Hall–Kier alpha value is -1.63. The van der Waals surface area contributed by atoms with Crippen LogP contribution in [0.25, 0.3) is 10.2 Å². The number of nitrogens with zero attached hydrogens (tertiary/aromatic N) is 2. The molecular formula is C16H13ClN2O2S2. The molecular weight excluding hydrogens is 352 g/mol. The molecule has 23 heavy (non-hydrogen) atoms. The van der Waals surface area contributed by atoms with Gasteiger partial charge < -0.3 is 0 Å². The van der Waals surface area contributed by atoms with Crippen molar-refractivity contribution in [2.24, 2.45) is 7.05 Å². The molecule has 0 unspecified atom stereocenters. The standard InChI is InChI=1S/C16H13ClN2O2S2/c1-9(13(20)10-4-3-5-11(17)8-10)23-16-18-12-6-7-22-14(12)15(21)19(16)2/h3-9H,1-2H3/t9-/m1/s1. The molecule has 0 aliphatic carbocycles. The predicted octanol–water partition coefficient (Wildman–Crippen LogP) is 4.01. The summed E-state index contributed by atoms with van der Waals surface area (Å²) in [5.41, 5.74) is 1.14. The molecule has 0 radical (unpaired) electrons. The van der Waals surface area contributed by atoms with Gasteiger partial charge in [0.15, 0.2) is 10.9 Å². The number of hydrogen-bond acceptors (Lipinski definition) is 5. The number of fused-ring (bicyclic) bond motifs is 1. The lowest BCUT2D eigenvalue weighted by atomic mass is 10.1. The predicted molar refractivity (Wildman–Crippen MR) is 96.0 cm³/mol. The largest absolute Gasteiger partial charge is 0.293 e. The minimum Gasteiger partial charge on any atom is -0.293 e. The number of ketones is 1. The second kappa shape index (κ2) is 6.47. The first-order valence-corrected chi connectivity index (χ1v) is 9.02. The maximum Gasteiger partial charge on any atom is 0.271 e. The average Bonchev–Trinajstić information content (AvgIpc) is 3.00. The zero-order valence-corrected chi connectivity index (χ0v) is 14.8. The van der Waals surface area contributed by atoms with Crippen LogP contribution in [0.1, 0.15) is 17.3 Å². The highest BCUT2D eigenvalue weighted by Crippen LogP contribution is 2.26. The van der Waals surface area contributed by atoms with Crippen molar-refractivity contribution >= 4 is 50.7 Å². The number of Topliss-reactive ketones (excluding diaryl/α,β-unsaturated/α-hetero) is 1. The molecule has 0 N–H and O–H groups in total. The van der Waals surface area contributed by atoms with E-state index in [0.717, 1.165) is 0 Å². The molecule has 0 amide bonds. The Morgan fingerprint density at radius 2 is 2.17 bits per heavy atom. The third-order valence-electron chi connectivity index (χ3n) is 3.41. The van der Waals surface area contributed by atoms with Crippen molar-refractivity contribution in [2.45, 2.75) is 17.3 Å². The molecule has 0 fully saturated rings. The molecule has 1 aromatic carbocycles. The smallest absolute Gasteiger partial charge is 0.271 e. The highest BCUT2D eigenvalue weighted by molar-refractivity contribution is 8.00. The normalized spacial score (nSPS) is 12.5. The molecule has 3 rings (SSSR count). The van der Waals surface area contributed by atoms with E-state index in [9.17, 15) is 9.59 Å². The number of thioether (sulfide) groups is 1. The Kier molecular flexibility index (Phi) is 4.57. The van der Waals surface area contributed by atoms with Gasteiger partial charge in [0.2, 0.25) is 0 Å². The second-order valence-corrected chi connectivity index (χ2v) is 7.69. The molecule has 2 aromatic heterocycles. The summed E-state index contributed by atoms with van der Waals surface area (Å²) < 4.78 is 2.12. The third kappa shape index (κ3) is 3.20. The van der Waals surface area contributed by atoms with Crippen LogP contribution in [0.2, 0.25) is 5.02 Å². The first-order valence-electron chi connectivity index (χ1n) is 6.88. The molecule has 0 saturated heterocycles. The molecule has 118 valence electrons. The lowest BCUT2D eigenvalue weighted by molar-refractivity contribution is 0.0994.